The molecule has 2 aromatic rings. The van der Waals surface area contributed by atoms with Crippen molar-refractivity contribution < 1.29 is 28.6 Å². The van der Waals surface area contributed by atoms with E-state index in [4.69, 9.17) is 14.2 Å². The van der Waals surface area contributed by atoms with Gasteiger partial charge in [0, 0.05) is 16.7 Å². The minimum atomic E-state index is -0.646. The lowest BCUT2D eigenvalue weighted by Gasteiger charge is -2.16. The second-order valence-corrected chi connectivity index (χ2v) is 8.07. The molecule has 0 unspecified atom stereocenters. The molecule has 0 saturated carbocycles. The van der Waals surface area contributed by atoms with Crippen LogP contribution in [-0.2, 0) is 14.4 Å². The molecular formula is C28H28O6. The Morgan fingerprint density at radius 3 is 1.50 bits per heavy atom. The summed E-state index contributed by atoms with van der Waals surface area (Å²) in [6.45, 7) is 19.3. The van der Waals surface area contributed by atoms with Crippen molar-refractivity contribution in [1.29, 1.82) is 0 Å². The number of benzene rings is 2. The monoisotopic (exact) mass is 460 g/mol. The molecule has 0 aromatic heterocycles. The highest BCUT2D eigenvalue weighted by atomic mass is 16.6. The van der Waals surface area contributed by atoms with Crippen molar-refractivity contribution >= 4 is 23.5 Å². The van der Waals surface area contributed by atoms with Crippen LogP contribution < -0.4 is 14.2 Å². The summed E-state index contributed by atoms with van der Waals surface area (Å²) >= 11 is 0. The smallest absolute Gasteiger partial charge is 0.338 e. The number of rotatable bonds is 8. The van der Waals surface area contributed by atoms with Crippen LogP contribution in [0.5, 0.6) is 17.2 Å². The largest absolute Gasteiger partial charge is 0.423 e. The van der Waals surface area contributed by atoms with E-state index in [0.717, 1.165) is 22.3 Å². The van der Waals surface area contributed by atoms with Crippen LogP contribution in [0.15, 0.2) is 84.5 Å². The Balaban J connectivity index is 2.50. The zero-order chi connectivity index (χ0) is 25.6. The van der Waals surface area contributed by atoms with Gasteiger partial charge in [-0.25, -0.2) is 14.4 Å². The average Bonchev–Trinajstić information content (AvgIpc) is 2.76. The van der Waals surface area contributed by atoms with Gasteiger partial charge in [-0.15, -0.1) is 0 Å². The van der Waals surface area contributed by atoms with Gasteiger partial charge < -0.3 is 14.2 Å². The van der Waals surface area contributed by atoms with E-state index in [2.05, 4.69) is 19.7 Å². The summed E-state index contributed by atoms with van der Waals surface area (Å²) in [7, 11) is 0. The molecule has 34 heavy (non-hydrogen) atoms. The zero-order valence-electron chi connectivity index (χ0n) is 20.1. The van der Waals surface area contributed by atoms with Gasteiger partial charge in [0.05, 0.1) is 0 Å². The summed E-state index contributed by atoms with van der Waals surface area (Å²) in [5.74, 6) is -1.23. The van der Waals surface area contributed by atoms with E-state index in [-0.39, 0.29) is 22.6 Å². The van der Waals surface area contributed by atoms with Crippen LogP contribution in [0.1, 0.15) is 45.7 Å². The summed E-state index contributed by atoms with van der Waals surface area (Å²) in [5.41, 5.74) is 4.13. The van der Waals surface area contributed by atoms with E-state index in [1.165, 1.54) is 13.8 Å². The van der Waals surface area contributed by atoms with E-state index < -0.39 is 17.9 Å². The van der Waals surface area contributed by atoms with Crippen molar-refractivity contribution in [1.82, 2.24) is 0 Å². The Morgan fingerprint density at radius 2 is 1.03 bits per heavy atom. The van der Waals surface area contributed by atoms with Gasteiger partial charge in [-0.1, -0.05) is 43.5 Å². The third kappa shape index (κ3) is 6.65. The molecule has 0 N–H and O–H groups in total. The molecule has 0 aliphatic carbocycles. The Kier molecular flexibility index (Phi) is 8.51. The lowest BCUT2D eigenvalue weighted by Crippen LogP contribution is -2.13. The molecule has 0 spiro atoms. The standard InChI is InChI=1S/C28H28O6/c1-16(2)25(20-9-12-22(13-10-20)32-26(29)17(3)4)21-11-14-23(33-27(30)18(5)6)24(15-21)34-28(31)19(7)8/h9-15H,3,5,7H2,1-2,4,6,8H3. The quantitative estimate of drug-likeness (QED) is 0.274. The van der Waals surface area contributed by atoms with Crippen LogP contribution >= 0.6 is 0 Å². The summed E-state index contributed by atoms with van der Waals surface area (Å²) in [6.07, 6.45) is 0. The van der Waals surface area contributed by atoms with Crippen molar-refractivity contribution in [3.63, 3.8) is 0 Å². The summed E-state index contributed by atoms with van der Waals surface area (Å²) in [5, 5.41) is 0. The fourth-order valence-corrected chi connectivity index (χ4v) is 2.83. The number of hydrogen-bond donors (Lipinski definition) is 0. The number of carbonyl (C=O) groups is 3. The molecule has 0 amide bonds. The van der Waals surface area contributed by atoms with E-state index in [0.29, 0.717) is 11.3 Å². The Hall–Kier alpha value is -4.19. The third-order valence-corrected chi connectivity index (χ3v) is 4.54. The highest BCUT2D eigenvalue weighted by molar-refractivity contribution is 5.92. The second-order valence-electron chi connectivity index (χ2n) is 8.07. The molecule has 6 nitrogen and oxygen atoms in total. The molecule has 0 saturated heterocycles. The first-order chi connectivity index (χ1) is 15.9. The minimum absolute atomic E-state index is 0.0749. The van der Waals surface area contributed by atoms with Gasteiger partial charge >= 0.3 is 17.9 Å². The van der Waals surface area contributed by atoms with Gasteiger partial charge in [-0.2, -0.15) is 0 Å². The van der Waals surface area contributed by atoms with Crippen molar-refractivity contribution in [3.05, 3.63) is 95.6 Å². The third-order valence-electron chi connectivity index (χ3n) is 4.54. The maximum absolute atomic E-state index is 12.2. The molecule has 0 fully saturated rings. The SMILES string of the molecule is C=C(C)C(=O)Oc1ccc(C(=C(C)C)c2ccc(OC(=O)C(=C)C)c(OC(=O)C(=C)C)c2)cc1. The number of esters is 3. The average molecular weight is 461 g/mol. The van der Waals surface area contributed by atoms with Gasteiger partial charge in [-0.3, -0.25) is 0 Å². The van der Waals surface area contributed by atoms with E-state index in [1.807, 2.05) is 26.0 Å². The Bertz CT molecular complexity index is 1210. The van der Waals surface area contributed by atoms with E-state index >= 15 is 0 Å². The fourth-order valence-electron chi connectivity index (χ4n) is 2.83. The lowest BCUT2D eigenvalue weighted by atomic mass is 9.94. The van der Waals surface area contributed by atoms with Gasteiger partial charge in [0.15, 0.2) is 11.5 Å². The highest BCUT2D eigenvalue weighted by Crippen LogP contribution is 2.36. The van der Waals surface area contributed by atoms with Crippen molar-refractivity contribution in [2.24, 2.45) is 0 Å². The zero-order valence-corrected chi connectivity index (χ0v) is 20.1. The van der Waals surface area contributed by atoms with Gasteiger partial charge in [0.1, 0.15) is 5.75 Å². The molecule has 0 aliphatic heterocycles. The normalized spacial score (nSPS) is 10.0. The van der Waals surface area contributed by atoms with Crippen molar-refractivity contribution in [2.75, 3.05) is 0 Å². The van der Waals surface area contributed by atoms with Crippen molar-refractivity contribution in [2.45, 2.75) is 34.6 Å². The molecule has 0 atom stereocenters. The number of ether oxygens (including phenoxy) is 3. The van der Waals surface area contributed by atoms with Crippen LogP contribution in [-0.4, -0.2) is 17.9 Å². The van der Waals surface area contributed by atoms with Crippen LogP contribution in [0.2, 0.25) is 0 Å². The van der Waals surface area contributed by atoms with E-state index in [1.54, 1.807) is 37.3 Å². The summed E-state index contributed by atoms with van der Waals surface area (Å²) < 4.78 is 16.0. The Morgan fingerprint density at radius 1 is 0.588 bits per heavy atom. The first-order valence-corrected chi connectivity index (χ1v) is 10.5. The number of carbonyl (C=O) groups excluding carboxylic acids is 3. The molecule has 0 bridgehead atoms. The topological polar surface area (TPSA) is 78.9 Å². The first kappa shape index (κ1) is 26.1. The Labute approximate surface area is 199 Å². The first-order valence-electron chi connectivity index (χ1n) is 10.5. The van der Waals surface area contributed by atoms with Crippen LogP contribution in [0.4, 0.5) is 0 Å². The molecular weight excluding hydrogens is 432 g/mol. The molecule has 6 heteroatoms. The van der Waals surface area contributed by atoms with Gasteiger partial charge in [-0.05, 0) is 75.6 Å². The molecule has 0 radical (unpaired) electrons. The maximum Gasteiger partial charge on any atom is 0.338 e. The molecule has 0 aliphatic rings. The maximum atomic E-state index is 12.2. The molecule has 0 heterocycles. The summed E-state index contributed by atoms with van der Waals surface area (Å²) in [4.78, 5) is 36.0. The predicted molar refractivity (Wildman–Crippen MR) is 132 cm³/mol. The highest BCUT2D eigenvalue weighted by Gasteiger charge is 2.18. The molecule has 176 valence electrons. The minimum Gasteiger partial charge on any atom is -0.423 e. The van der Waals surface area contributed by atoms with Gasteiger partial charge in [0.2, 0.25) is 0 Å². The van der Waals surface area contributed by atoms with Gasteiger partial charge in [0.25, 0.3) is 0 Å². The number of hydrogen-bond acceptors (Lipinski definition) is 6. The van der Waals surface area contributed by atoms with Crippen LogP contribution in [0.3, 0.4) is 0 Å². The van der Waals surface area contributed by atoms with E-state index in [9.17, 15) is 14.4 Å². The summed E-state index contributed by atoms with van der Waals surface area (Å²) in [6, 6.07) is 11.9. The van der Waals surface area contributed by atoms with Crippen LogP contribution in [0.25, 0.3) is 5.57 Å². The van der Waals surface area contributed by atoms with Crippen LogP contribution in [0, 0.1) is 0 Å². The fraction of sp³-hybridized carbons (Fsp3) is 0.179. The predicted octanol–water partition coefficient (Wildman–Crippen LogP) is 5.97. The lowest BCUT2D eigenvalue weighted by molar-refractivity contribution is -0.132. The van der Waals surface area contributed by atoms with Crippen molar-refractivity contribution in [3.8, 4) is 17.2 Å². The second kappa shape index (κ2) is 11.1. The molecule has 2 rings (SSSR count). The number of allylic oxidation sites excluding steroid dienone is 1. The molecule has 2 aromatic carbocycles.